The molecule has 2 aliphatic heterocycles. The third kappa shape index (κ3) is 7.33. The molecule has 3 fully saturated rings. The van der Waals surface area contributed by atoms with Crippen molar-refractivity contribution in [3.05, 3.63) is 30.1 Å². The zero-order valence-corrected chi connectivity index (χ0v) is 19.1. The number of nitrogens with one attached hydrogen (secondary N) is 1. The SMILES string of the molecule is N#CCNC(=O)[C@@H](N)CC(F)(F)Cc1cccnc1.O=C(O)N1CC2(CCN(C3CC3)CC2)C1. The topological polar surface area (TPSA) is 136 Å². The number of piperidine rings is 1. The van der Waals surface area contributed by atoms with Gasteiger partial charge in [-0.25, -0.2) is 13.6 Å². The summed E-state index contributed by atoms with van der Waals surface area (Å²) in [7, 11) is 0. The van der Waals surface area contributed by atoms with Crippen molar-refractivity contribution < 1.29 is 23.5 Å². The summed E-state index contributed by atoms with van der Waals surface area (Å²) in [6, 6.07) is 4.29. The molecule has 2 saturated heterocycles. The normalized spacial score (nSPS) is 20.4. The minimum absolute atomic E-state index is 0.249. The monoisotopic (exact) mass is 478 g/mol. The molecule has 4 rings (SSSR count). The smallest absolute Gasteiger partial charge is 0.407 e. The van der Waals surface area contributed by atoms with Crippen LogP contribution in [0.5, 0.6) is 0 Å². The van der Waals surface area contributed by atoms with Crippen molar-refractivity contribution in [2.45, 2.75) is 56.5 Å². The summed E-state index contributed by atoms with van der Waals surface area (Å²) in [4.78, 5) is 29.9. The molecule has 1 aliphatic carbocycles. The number of hydrogen-bond acceptors (Lipinski definition) is 6. The Hall–Kier alpha value is -2.84. The molecule has 0 radical (unpaired) electrons. The second kappa shape index (κ2) is 11.1. The van der Waals surface area contributed by atoms with Crippen molar-refractivity contribution in [2.24, 2.45) is 11.1 Å². The van der Waals surface area contributed by atoms with Crippen molar-refractivity contribution in [1.29, 1.82) is 5.26 Å². The van der Waals surface area contributed by atoms with Gasteiger partial charge in [-0.15, -0.1) is 0 Å². The van der Waals surface area contributed by atoms with E-state index in [1.165, 1.54) is 57.2 Å². The summed E-state index contributed by atoms with van der Waals surface area (Å²) in [6.07, 6.45) is 5.95. The highest BCUT2D eigenvalue weighted by molar-refractivity contribution is 5.81. The van der Waals surface area contributed by atoms with Gasteiger partial charge in [0, 0.05) is 49.8 Å². The fourth-order valence-electron chi connectivity index (χ4n) is 4.56. The zero-order valence-electron chi connectivity index (χ0n) is 19.1. The number of carbonyl (C=O) groups is 2. The van der Waals surface area contributed by atoms with Crippen LogP contribution in [-0.2, 0) is 11.2 Å². The summed E-state index contributed by atoms with van der Waals surface area (Å²) < 4.78 is 27.4. The number of halogens is 2. The molecule has 0 aromatic carbocycles. The van der Waals surface area contributed by atoms with Gasteiger partial charge < -0.3 is 26.0 Å². The molecule has 1 atom stereocenters. The summed E-state index contributed by atoms with van der Waals surface area (Å²) in [5.74, 6) is -3.86. The van der Waals surface area contributed by atoms with E-state index < -0.39 is 36.8 Å². The van der Waals surface area contributed by atoms with Gasteiger partial charge in [0.2, 0.25) is 5.91 Å². The number of nitriles is 1. The molecular formula is C23H32F2N6O3. The van der Waals surface area contributed by atoms with E-state index in [0.29, 0.717) is 11.0 Å². The highest BCUT2D eigenvalue weighted by atomic mass is 19.3. The van der Waals surface area contributed by atoms with Crippen LogP contribution in [0.1, 0.15) is 37.7 Å². The minimum atomic E-state index is -3.10. The second-order valence-corrected chi connectivity index (χ2v) is 9.49. The first-order chi connectivity index (χ1) is 16.1. The van der Waals surface area contributed by atoms with E-state index in [2.05, 4.69) is 15.2 Å². The first-order valence-electron chi connectivity index (χ1n) is 11.5. The van der Waals surface area contributed by atoms with Crippen LogP contribution in [0.4, 0.5) is 13.6 Å². The number of rotatable bonds is 7. The Bertz CT molecular complexity index is 874. The van der Waals surface area contributed by atoms with Crippen molar-refractivity contribution in [1.82, 2.24) is 20.1 Å². The van der Waals surface area contributed by atoms with E-state index in [1.807, 2.05) is 0 Å². The predicted octanol–water partition coefficient (Wildman–Crippen LogP) is 1.84. The number of nitrogens with zero attached hydrogens (tertiary/aromatic N) is 4. The maximum atomic E-state index is 13.7. The van der Waals surface area contributed by atoms with Crippen LogP contribution in [0.2, 0.25) is 0 Å². The lowest BCUT2D eigenvalue weighted by atomic mass is 9.72. The van der Waals surface area contributed by atoms with Crippen LogP contribution in [0, 0.1) is 16.7 Å². The lowest BCUT2D eigenvalue weighted by Gasteiger charge is -2.53. The van der Waals surface area contributed by atoms with Gasteiger partial charge in [0.1, 0.15) is 6.54 Å². The predicted molar refractivity (Wildman–Crippen MR) is 120 cm³/mol. The molecule has 1 saturated carbocycles. The Labute approximate surface area is 197 Å². The number of amides is 2. The summed E-state index contributed by atoms with van der Waals surface area (Å²) in [6.45, 7) is 3.69. The fourth-order valence-corrected chi connectivity index (χ4v) is 4.56. The van der Waals surface area contributed by atoms with Gasteiger partial charge in [-0.3, -0.25) is 9.78 Å². The molecular weight excluding hydrogens is 446 g/mol. The van der Waals surface area contributed by atoms with Crippen LogP contribution >= 0.6 is 0 Å². The van der Waals surface area contributed by atoms with Crippen molar-refractivity contribution in [3.8, 4) is 6.07 Å². The third-order valence-corrected chi connectivity index (χ3v) is 6.63. The lowest BCUT2D eigenvalue weighted by molar-refractivity contribution is -0.124. The average molecular weight is 479 g/mol. The number of aromatic nitrogens is 1. The number of carboxylic acid groups (broad SMARTS) is 1. The van der Waals surface area contributed by atoms with Gasteiger partial charge in [-0.05, 0) is 50.4 Å². The van der Waals surface area contributed by atoms with Gasteiger partial charge in [0.25, 0.3) is 5.92 Å². The molecule has 0 bridgehead atoms. The van der Waals surface area contributed by atoms with Crippen molar-refractivity contribution in [3.63, 3.8) is 0 Å². The third-order valence-electron chi connectivity index (χ3n) is 6.63. The van der Waals surface area contributed by atoms with Crippen LogP contribution in [0.15, 0.2) is 24.5 Å². The summed E-state index contributed by atoms with van der Waals surface area (Å²) >= 11 is 0. The van der Waals surface area contributed by atoms with Crippen LogP contribution in [-0.4, -0.2) is 82.6 Å². The molecule has 9 nitrogen and oxygen atoms in total. The van der Waals surface area contributed by atoms with E-state index in [4.69, 9.17) is 16.1 Å². The van der Waals surface area contributed by atoms with Gasteiger partial charge in [0.15, 0.2) is 0 Å². The number of hydrogen-bond donors (Lipinski definition) is 3. The van der Waals surface area contributed by atoms with Gasteiger partial charge >= 0.3 is 6.09 Å². The fraction of sp³-hybridized carbons (Fsp3) is 0.652. The van der Waals surface area contributed by atoms with E-state index in [-0.39, 0.29) is 6.54 Å². The average Bonchev–Trinajstić information content (AvgIpc) is 3.61. The Morgan fingerprint density at radius 1 is 1.35 bits per heavy atom. The molecule has 186 valence electrons. The zero-order chi connectivity index (χ0) is 24.8. The van der Waals surface area contributed by atoms with Crippen LogP contribution in [0.25, 0.3) is 0 Å². The quantitative estimate of drug-likeness (QED) is 0.509. The van der Waals surface area contributed by atoms with Gasteiger partial charge in [-0.2, -0.15) is 5.26 Å². The molecule has 1 spiro atoms. The van der Waals surface area contributed by atoms with E-state index in [9.17, 15) is 18.4 Å². The molecule has 3 aliphatic rings. The number of carbonyl (C=O) groups excluding carboxylic acids is 1. The molecule has 3 heterocycles. The summed E-state index contributed by atoms with van der Waals surface area (Å²) in [5, 5.41) is 19.2. The highest BCUT2D eigenvalue weighted by Crippen LogP contribution is 2.42. The maximum Gasteiger partial charge on any atom is 0.407 e. The molecule has 1 aromatic heterocycles. The maximum absolute atomic E-state index is 13.7. The van der Waals surface area contributed by atoms with Crippen molar-refractivity contribution in [2.75, 3.05) is 32.7 Å². The Kier molecular flexibility index (Phi) is 8.38. The molecule has 0 unspecified atom stereocenters. The van der Waals surface area contributed by atoms with Gasteiger partial charge in [0.05, 0.1) is 12.1 Å². The van der Waals surface area contributed by atoms with E-state index in [0.717, 1.165) is 19.1 Å². The molecule has 1 aromatic rings. The Balaban J connectivity index is 0.000000195. The lowest BCUT2D eigenvalue weighted by Crippen LogP contribution is -2.61. The highest BCUT2D eigenvalue weighted by Gasteiger charge is 2.48. The largest absolute Gasteiger partial charge is 0.465 e. The van der Waals surface area contributed by atoms with E-state index >= 15 is 0 Å². The first-order valence-corrected chi connectivity index (χ1v) is 11.5. The minimum Gasteiger partial charge on any atom is -0.465 e. The van der Waals surface area contributed by atoms with Crippen LogP contribution < -0.4 is 11.1 Å². The molecule has 11 heteroatoms. The molecule has 4 N–H and O–H groups in total. The number of pyridine rings is 1. The first kappa shape index (κ1) is 25.8. The molecule has 34 heavy (non-hydrogen) atoms. The Morgan fingerprint density at radius 3 is 2.56 bits per heavy atom. The Morgan fingerprint density at radius 2 is 2.03 bits per heavy atom. The second-order valence-electron chi connectivity index (χ2n) is 9.49. The standard InChI is InChI=1S/C12H14F2N4O.C11H18N2O2/c13-12(14,6-9-2-1-4-17-8-9)7-10(16)11(19)18-5-3-15;14-10(15)13-7-11(8-13)3-5-12(6-4-11)9-1-2-9/h1-2,4,8,10H,5-7,16H2,(H,18,19);9H,1-8H2,(H,14,15)/t10-;/m0./s1. The number of nitrogens with two attached hydrogens (primary N) is 1. The van der Waals surface area contributed by atoms with Gasteiger partial charge in [-0.1, -0.05) is 6.07 Å². The van der Waals surface area contributed by atoms with Crippen LogP contribution in [0.3, 0.4) is 0 Å². The molecule has 2 amide bonds. The van der Waals surface area contributed by atoms with E-state index in [1.54, 1.807) is 17.0 Å². The summed E-state index contributed by atoms with van der Waals surface area (Å²) in [5.41, 5.74) is 6.10. The van der Waals surface area contributed by atoms with Crippen molar-refractivity contribution >= 4 is 12.0 Å². The number of likely N-dealkylation sites (tertiary alicyclic amines) is 2. The number of alkyl halides is 2.